The van der Waals surface area contributed by atoms with Gasteiger partial charge in [0, 0.05) is 29.9 Å². The smallest absolute Gasteiger partial charge is 0.258 e. The Hall–Kier alpha value is -3.12. The lowest BCUT2D eigenvalue weighted by Crippen LogP contribution is -2.25. The van der Waals surface area contributed by atoms with E-state index in [0.717, 1.165) is 28.6 Å². The van der Waals surface area contributed by atoms with Crippen LogP contribution in [0.3, 0.4) is 0 Å². The number of carbonyl (C=O) groups excluding carboxylic acids is 1. The Morgan fingerprint density at radius 1 is 0.931 bits per heavy atom. The molecule has 5 nitrogen and oxygen atoms in total. The lowest BCUT2D eigenvalue weighted by atomic mass is 9.83. The van der Waals surface area contributed by atoms with Gasteiger partial charge < -0.3 is 4.90 Å². The summed E-state index contributed by atoms with van der Waals surface area (Å²) in [6.45, 7) is 0. The van der Waals surface area contributed by atoms with Gasteiger partial charge in [-0.05, 0) is 47.4 Å². The van der Waals surface area contributed by atoms with Crippen molar-refractivity contribution in [1.82, 2.24) is 0 Å². The van der Waals surface area contributed by atoms with Gasteiger partial charge in [-0.15, -0.1) is 0 Å². The van der Waals surface area contributed by atoms with Gasteiger partial charge in [0.25, 0.3) is 5.91 Å². The van der Waals surface area contributed by atoms with Crippen LogP contribution in [0.5, 0.6) is 0 Å². The lowest BCUT2D eigenvalue weighted by molar-refractivity contribution is 0.0993. The average Bonchev–Trinajstić information content (AvgIpc) is 2.77. The molecule has 0 saturated heterocycles. The molecule has 1 unspecified atom stereocenters. The minimum atomic E-state index is -3.35. The second-order valence-corrected chi connectivity index (χ2v) is 9.09. The molecule has 4 rings (SSSR count). The molecule has 0 bridgehead atoms. The first-order chi connectivity index (χ1) is 13.8. The maximum absolute atomic E-state index is 13.1. The van der Waals surface area contributed by atoms with Crippen molar-refractivity contribution < 1.29 is 13.2 Å². The number of carbonyl (C=O) groups is 1. The molecule has 0 fully saturated rings. The molecule has 0 radical (unpaired) electrons. The fourth-order valence-corrected chi connectivity index (χ4v) is 4.53. The highest BCUT2D eigenvalue weighted by molar-refractivity contribution is 7.92. The molecule has 29 heavy (non-hydrogen) atoms. The van der Waals surface area contributed by atoms with E-state index in [1.807, 2.05) is 60.7 Å². The van der Waals surface area contributed by atoms with Crippen molar-refractivity contribution in [1.29, 1.82) is 0 Å². The van der Waals surface area contributed by atoms with Crippen LogP contribution in [0.25, 0.3) is 0 Å². The Morgan fingerprint density at radius 2 is 1.62 bits per heavy atom. The fourth-order valence-electron chi connectivity index (χ4n) is 3.97. The summed E-state index contributed by atoms with van der Waals surface area (Å²) in [4.78, 5) is 14.8. The van der Waals surface area contributed by atoms with Crippen molar-refractivity contribution in [3.05, 3.63) is 95.1 Å². The monoisotopic (exact) mass is 406 g/mol. The standard InChI is InChI=1S/C23H22N2O3S/c1-25-22-13-6-5-11-19(22)21(18-10-3-4-12-20(18)23(25)26)15-16-8-7-9-17(14-16)24-29(2,27)28/h3-14,21,24H,15H2,1-2H3. The Morgan fingerprint density at radius 3 is 2.38 bits per heavy atom. The maximum Gasteiger partial charge on any atom is 0.258 e. The number of amides is 1. The van der Waals surface area contributed by atoms with Crippen LogP contribution in [0.15, 0.2) is 72.8 Å². The second kappa shape index (κ2) is 7.37. The summed E-state index contributed by atoms with van der Waals surface area (Å²) in [5.41, 5.74) is 5.18. The van der Waals surface area contributed by atoms with Gasteiger partial charge in [0.1, 0.15) is 0 Å². The van der Waals surface area contributed by atoms with E-state index in [-0.39, 0.29) is 11.8 Å². The number of benzene rings is 3. The Balaban J connectivity index is 1.82. The van der Waals surface area contributed by atoms with Gasteiger partial charge in [0.2, 0.25) is 10.0 Å². The first kappa shape index (κ1) is 19.2. The third-order valence-corrected chi connectivity index (χ3v) is 5.82. The van der Waals surface area contributed by atoms with Gasteiger partial charge in [-0.2, -0.15) is 0 Å². The van der Waals surface area contributed by atoms with E-state index >= 15 is 0 Å². The van der Waals surface area contributed by atoms with Crippen LogP contribution in [-0.2, 0) is 16.4 Å². The quantitative estimate of drug-likeness (QED) is 0.712. The van der Waals surface area contributed by atoms with Crippen LogP contribution in [0, 0.1) is 0 Å². The number of hydrogen-bond donors (Lipinski definition) is 1. The van der Waals surface area contributed by atoms with Crippen molar-refractivity contribution in [2.24, 2.45) is 0 Å². The van der Waals surface area contributed by atoms with E-state index in [4.69, 9.17) is 0 Å². The van der Waals surface area contributed by atoms with Crippen LogP contribution >= 0.6 is 0 Å². The van der Waals surface area contributed by atoms with Gasteiger partial charge in [0.05, 0.1) is 6.26 Å². The van der Waals surface area contributed by atoms with E-state index in [1.54, 1.807) is 18.0 Å². The number of sulfonamides is 1. The molecule has 0 aromatic heterocycles. The second-order valence-electron chi connectivity index (χ2n) is 7.34. The first-order valence-electron chi connectivity index (χ1n) is 9.36. The highest BCUT2D eigenvalue weighted by Crippen LogP contribution is 2.40. The summed E-state index contributed by atoms with van der Waals surface area (Å²) in [5, 5.41) is 0. The molecule has 1 amide bonds. The summed E-state index contributed by atoms with van der Waals surface area (Å²) < 4.78 is 25.7. The van der Waals surface area contributed by atoms with E-state index in [1.165, 1.54) is 0 Å². The molecule has 1 aliphatic heterocycles. The molecule has 148 valence electrons. The van der Waals surface area contributed by atoms with E-state index in [9.17, 15) is 13.2 Å². The number of para-hydroxylation sites is 1. The van der Waals surface area contributed by atoms with Crippen LogP contribution in [0.2, 0.25) is 0 Å². The number of fused-ring (bicyclic) bond motifs is 2. The number of hydrogen-bond acceptors (Lipinski definition) is 3. The van der Waals surface area contributed by atoms with Gasteiger partial charge in [-0.1, -0.05) is 48.5 Å². The Bertz CT molecular complexity index is 1190. The summed E-state index contributed by atoms with van der Waals surface area (Å²) in [7, 11) is -1.54. The molecule has 1 heterocycles. The molecule has 0 aliphatic carbocycles. The number of nitrogens with one attached hydrogen (secondary N) is 1. The van der Waals surface area contributed by atoms with Crippen LogP contribution < -0.4 is 9.62 Å². The predicted molar refractivity (Wildman–Crippen MR) is 116 cm³/mol. The summed E-state index contributed by atoms with van der Waals surface area (Å²) in [6.07, 6.45) is 1.79. The predicted octanol–water partition coefficient (Wildman–Crippen LogP) is 4.02. The van der Waals surface area contributed by atoms with Crippen LogP contribution in [0.1, 0.15) is 33.0 Å². The first-order valence-corrected chi connectivity index (χ1v) is 11.3. The van der Waals surface area contributed by atoms with Crippen LogP contribution in [0.4, 0.5) is 11.4 Å². The average molecular weight is 407 g/mol. The van der Waals surface area contributed by atoms with Gasteiger partial charge in [0.15, 0.2) is 0 Å². The van der Waals surface area contributed by atoms with Gasteiger partial charge in [-0.3, -0.25) is 9.52 Å². The molecular weight excluding hydrogens is 384 g/mol. The van der Waals surface area contributed by atoms with E-state index in [0.29, 0.717) is 17.7 Å². The third kappa shape index (κ3) is 3.89. The molecule has 3 aromatic carbocycles. The van der Waals surface area contributed by atoms with Gasteiger partial charge >= 0.3 is 0 Å². The van der Waals surface area contributed by atoms with Crippen molar-refractivity contribution in [3.63, 3.8) is 0 Å². The Kier molecular flexibility index (Phi) is 4.88. The lowest BCUT2D eigenvalue weighted by Gasteiger charge is -2.21. The van der Waals surface area contributed by atoms with Gasteiger partial charge in [-0.25, -0.2) is 8.42 Å². The molecule has 0 spiro atoms. The molecular formula is C23H22N2O3S. The van der Waals surface area contributed by atoms with Crippen molar-refractivity contribution in [3.8, 4) is 0 Å². The Labute approximate surface area is 171 Å². The number of anilines is 2. The highest BCUT2D eigenvalue weighted by atomic mass is 32.2. The number of nitrogens with zero attached hydrogens (tertiary/aromatic N) is 1. The highest BCUT2D eigenvalue weighted by Gasteiger charge is 2.30. The molecule has 1 N–H and O–H groups in total. The topological polar surface area (TPSA) is 66.5 Å². The molecule has 1 atom stereocenters. The zero-order chi connectivity index (χ0) is 20.6. The molecule has 6 heteroatoms. The zero-order valence-electron chi connectivity index (χ0n) is 16.3. The van der Waals surface area contributed by atoms with Crippen molar-refractivity contribution in [2.75, 3.05) is 22.9 Å². The fraction of sp³-hybridized carbons (Fsp3) is 0.174. The summed E-state index contributed by atoms with van der Waals surface area (Å²) in [5.74, 6) is -0.0483. The van der Waals surface area contributed by atoms with Crippen molar-refractivity contribution >= 4 is 27.3 Å². The third-order valence-electron chi connectivity index (χ3n) is 5.21. The SMILES string of the molecule is CN1C(=O)c2ccccc2C(Cc2cccc(NS(C)(=O)=O)c2)c2ccccc21. The molecule has 1 aliphatic rings. The van der Waals surface area contributed by atoms with Crippen molar-refractivity contribution in [2.45, 2.75) is 12.3 Å². The van der Waals surface area contributed by atoms with E-state index < -0.39 is 10.0 Å². The minimum Gasteiger partial charge on any atom is -0.311 e. The summed E-state index contributed by atoms with van der Waals surface area (Å²) in [6, 6.07) is 23.1. The minimum absolute atomic E-state index is 0.0233. The molecule has 3 aromatic rings. The molecule has 0 saturated carbocycles. The van der Waals surface area contributed by atoms with Crippen LogP contribution in [-0.4, -0.2) is 27.6 Å². The maximum atomic E-state index is 13.1. The largest absolute Gasteiger partial charge is 0.311 e. The number of rotatable bonds is 4. The normalized spacial score (nSPS) is 16.0. The summed E-state index contributed by atoms with van der Waals surface area (Å²) >= 11 is 0. The zero-order valence-corrected chi connectivity index (χ0v) is 17.1. The van der Waals surface area contributed by atoms with E-state index in [2.05, 4.69) is 10.8 Å².